The van der Waals surface area contributed by atoms with Crippen LogP contribution in [0.25, 0.3) is 0 Å². The number of hydrogen-bond donors (Lipinski definition) is 2. The van der Waals surface area contributed by atoms with Crippen molar-refractivity contribution < 1.29 is 0 Å². The summed E-state index contributed by atoms with van der Waals surface area (Å²) in [6.07, 6.45) is 8.69. The normalized spacial score (nSPS) is 48.0. The minimum Gasteiger partial charge on any atom is -0.314 e. The van der Waals surface area contributed by atoms with Gasteiger partial charge in [-0.1, -0.05) is 12.8 Å². The third kappa shape index (κ3) is 1.49. The summed E-state index contributed by atoms with van der Waals surface area (Å²) in [5.74, 6) is 1.95. The summed E-state index contributed by atoms with van der Waals surface area (Å²) < 4.78 is 0. The molecular weight excluding hydrogens is 172 g/mol. The van der Waals surface area contributed by atoms with Gasteiger partial charge in [0.25, 0.3) is 0 Å². The Morgan fingerprint density at radius 3 is 2.36 bits per heavy atom. The maximum Gasteiger partial charge on any atom is 0.0111 e. The highest BCUT2D eigenvalue weighted by molar-refractivity contribution is 4.98. The van der Waals surface area contributed by atoms with Gasteiger partial charge < -0.3 is 10.6 Å². The van der Waals surface area contributed by atoms with E-state index >= 15 is 0 Å². The van der Waals surface area contributed by atoms with Gasteiger partial charge in [-0.3, -0.25) is 0 Å². The topological polar surface area (TPSA) is 24.1 Å². The third-order valence-corrected chi connectivity index (χ3v) is 4.60. The van der Waals surface area contributed by atoms with E-state index in [9.17, 15) is 0 Å². The molecule has 1 saturated carbocycles. The predicted molar refractivity (Wildman–Crippen MR) is 58.3 cm³/mol. The van der Waals surface area contributed by atoms with Crippen LogP contribution in [0.4, 0.5) is 0 Å². The average Bonchev–Trinajstić information content (AvgIpc) is 2.85. The lowest BCUT2D eigenvalue weighted by atomic mass is 9.77. The molecule has 2 saturated heterocycles. The van der Waals surface area contributed by atoms with E-state index in [1.807, 2.05) is 0 Å². The van der Waals surface area contributed by atoms with Crippen molar-refractivity contribution in [3.05, 3.63) is 0 Å². The zero-order chi connectivity index (χ0) is 9.38. The molecule has 2 aliphatic heterocycles. The molecule has 0 aromatic heterocycles. The molecule has 0 aromatic carbocycles. The zero-order valence-corrected chi connectivity index (χ0v) is 8.97. The molecule has 0 bridgehead atoms. The van der Waals surface area contributed by atoms with Crippen molar-refractivity contribution in [2.75, 3.05) is 13.1 Å². The van der Waals surface area contributed by atoms with E-state index in [-0.39, 0.29) is 0 Å². The van der Waals surface area contributed by atoms with Crippen LogP contribution < -0.4 is 10.6 Å². The van der Waals surface area contributed by atoms with E-state index < -0.39 is 0 Å². The Labute approximate surface area is 86.8 Å². The van der Waals surface area contributed by atoms with E-state index in [2.05, 4.69) is 10.6 Å². The van der Waals surface area contributed by atoms with E-state index in [1.165, 1.54) is 51.6 Å². The molecule has 4 unspecified atom stereocenters. The number of nitrogens with one attached hydrogen (secondary N) is 2. The van der Waals surface area contributed by atoms with Gasteiger partial charge in [0.15, 0.2) is 0 Å². The maximum absolute atomic E-state index is 3.75. The molecule has 2 heterocycles. The van der Waals surface area contributed by atoms with Crippen LogP contribution in [0.1, 0.15) is 38.5 Å². The van der Waals surface area contributed by atoms with Gasteiger partial charge in [-0.25, -0.2) is 0 Å². The Morgan fingerprint density at radius 1 is 0.714 bits per heavy atom. The second kappa shape index (κ2) is 3.82. The molecule has 0 spiro atoms. The first kappa shape index (κ1) is 9.17. The van der Waals surface area contributed by atoms with Crippen LogP contribution in [0.3, 0.4) is 0 Å². The largest absolute Gasteiger partial charge is 0.314 e. The molecular formula is C12H22N2. The molecule has 80 valence electrons. The molecule has 0 aromatic rings. The van der Waals surface area contributed by atoms with Crippen molar-refractivity contribution in [2.24, 2.45) is 11.8 Å². The highest BCUT2D eigenvalue weighted by atomic mass is 15.0. The van der Waals surface area contributed by atoms with Crippen molar-refractivity contribution >= 4 is 0 Å². The first-order chi connectivity index (χ1) is 6.95. The van der Waals surface area contributed by atoms with E-state index in [0.717, 1.165) is 23.9 Å². The third-order valence-electron chi connectivity index (χ3n) is 4.60. The summed E-state index contributed by atoms with van der Waals surface area (Å²) in [6.45, 7) is 2.55. The standard InChI is InChI=1S/C12H22N2/c1-2-5-11-9(4-1)10(8-14-11)12-6-3-7-13-12/h9-14H,1-8H2. The van der Waals surface area contributed by atoms with Crippen LogP contribution in [0, 0.1) is 11.8 Å². The van der Waals surface area contributed by atoms with Crippen molar-refractivity contribution in [1.29, 1.82) is 0 Å². The highest BCUT2D eigenvalue weighted by Gasteiger charge is 2.41. The van der Waals surface area contributed by atoms with Crippen molar-refractivity contribution in [2.45, 2.75) is 50.6 Å². The Hall–Kier alpha value is -0.0800. The Kier molecular flexibility index (Phi) is 2.50. The molecule has 2 heteroatoms. The van der Waals surface area contributed by atoms with Gasteiger partial charge in [0.05, 0.1) is 0 Å². The summed E-state index contributed by atoms with van der Waals surface area (Å²) in [4.78, 5) is 0. The van der Waals surface area contributed by atoms with Crippen molar-refractivity contribution in [1.82, 2.24) is 10.6 Å². The van der Waals surface area contributed by atoms with Crippen LogP contribution in [-0.2, 0) is 0 Å². The van der Waals surface area contributed by atoms with Crippen molar-refractivity contribution in [3.63, 3.8) is 0 Å². The Balaban J connectivity index is 1.68. The van der Waals surface area contributed by atoms with Crippen LogP contribution in [0.5, 0.6) is 0 Å². The maximum atomic E-state index is 3.75. The summed E-state index contributed by atoms with van der Waals surface area (Å²) in [7, 11) is 0. The molecule has 3 fully saturated rings. The molecule has 2 nitrogen and oxygen atoms in total. The fraction of sp³-hybridized carbons (Fsp3) is 1.00. The second-order valence-corrected chi connectivity index (χ2v) is 5.33. The Bertz CT molecular complexity index is 198. The van der Waals surface area contributed by atoms with E-state index in [1.54, 1.807) is 0 Å². The van der Waals surface area contributed by atoms with Gasteiger partial charge in [0.2, 0.25) is 0 Å². The van der Waals surface area contributed by atoms with Gasteiger partial charge in [-0.2, -0.15) is 0 Å². The SMILES string of the molecule is C1CCC2C(C1)NCC2C1CCCN1. The fourth-order valence-electron chi connectivity index (χ4n) is 3.88. The molecule has 3 aliphatic rings. The second-order valence-electron chi connectivity index (χ2n) is 5.33. The van der Waals surface area contributed by atoms with E-state index in [0.29, 0.717) is 0 Å². The highest BCUT2D eigenvalue weighted by Crippen LogP contribution is 2.37. The minimum absolute atomic E-state index is 0.843. The fourth-order valence-corrected chi connectivity index (χ4v) is 3.88. The molecule has 3 rings (SSSR count). The predicted octanol–water partition coefficient (Wildman–Crippen LogP) is 1.52. The number of fused-ring (bicyclic) bond motifs is 1. The van der Waals surface area contributed by atoms with Gasteiger partial charge >= 0.3 is 0 Å². The first-order valence-electron chi connectivity index (χ1n) is 6.42. The van der Waals surface area contributed by atoms with Gasteiger partial charge in [-0.15, -0.1) is 0 Å². The van der Waals surface area contributed by atoms with Crippen LogP contribution >= 0.6 is 0 Å². The summed E-state index contributed by atoms with van der Waals surface area (Å²) in [5, 5.41) is 7.44. The lowest BCUT2D eigenvalue weighted by Gasteiger charge is -2.31. The van der Waals surface area contributed by atoms with E-state index in [4.69, 9.17) is 0 Å². The number of rotatable bonds is 1. The van der Waals surface area contributed by atoms with Crippen LogP contribution in [0.2, 0.25) is 0 Å². The summed E-state index contributed by atoms with van der Waals surface area (Å²) >= 11 is 0. The monoisotopic (exact) mass is 194 g/mol. The zero-order valence-electron chi connectivity index (χ0n) is 8.97. The lowest BCUT2D eigenvalue weighted by molar-refractivity contribution is 0.240. The van der Waals surface area contributed by atoms with Gasteiger partial charge in [0.1, 0.15) is 0 Å². The number of hydrogen-bond acceptors (Lipinski definition) is 2. The molecule has 0 amide bonds. The molecule has 2 N–H and O–H groups in total. The summed E-state index contributed by atoms with van der Waals surface area (Å²) in [6, 6.07) is 1.71. The quantitative estimate of drug-likeness (QED) is 0.661. The molecule has 4 atom stereocenters. The molecule has 1 aliphatic carbocycles. The first-order valence-corrected chi connectivity index (χ1v) is 6.42. The smallest absolute Gasteiger partial charge is 0.0111 e. The Morgan fingerprint density at radius 2 is 1.50 bits per heavy atom. The van der Waals surface area contributed by atoms with Crippen molar-refractivity contribution in [3.8, 4) is 0 Å². The molecule has 14 heavy (non-hydrogen) atoms. The van der Waals surface area contributed by atoms with Gasteiger partial charge in [0, 0.05) is 18.6 Å². The average molecular weight is 194 g/mol. The van der Waals surface area contributed by atoms with Crippen LogP contribution in [0.15, 0.2) is 0 Å². The minimum atomic E-state index is 0.843. The van der Waals surface area contributed by atoms with Gasteiger partial charge in [-0.05, 0) is 44.1 Å². The molecule has 0 radical (unpaired) electrons. The summed E-state index contributed by atoms with van der Waals surface area (Å²) in [5.41, 5.74) is 0. The van der Waals surface area contributed by atoms with Crippen LogP contribution in [-0.4, -0.2) is 25.2 Å². The lowest BCUT2D eigenvalue weighted by Crippen LogP contribution is -2.37.